The van der Waals surface area contributed by atoms with Gasteiger partial charge in [-0.05, 0) is 43.7 Å². The molecule has 0 radical (unpaired) electrons. The highest BCUT2D eigenvalue weighted by Gasteiger charge is 2.17. The van der Waals surface area contributed by atoms with Crippen molar-refractivity contribution in [2.75, 3.05) is 18.5 Å². The Bertz CT molecular complexity index is 467. The van der Waals surface area contributed by atoms with Crippen molar-refractivity contribution in [2.24, 2.45) is 0 Å². The molecule has 1 saturated heterocycles. The molecule has 1 aliphatic rings. The summed E-state index contributed by atoms with van der Waals surface area (Å²) >= 11 is 0. The Balaban J connectivity index is 1.80. The van der Waals surface area contributed by atoms with E-state index in [0.717, 1.165) is 19.4 Å². The fourth-order valence-corrected chi connectivity index (χ4v) is 2.15. The number of aliphatic carboxylic acids is 1. The Labute approximate surface area is 117 Å². The lowest BCUT2D eigenvalue weighted by molar-refractivity contribution is -0.139. The molecule has 2 rings (SSSR count). The number of nitrogens with one attached hydrogen (secondary N) is 2. The molecule has 1 fully saturated rings. The fraction of sp³-hybridized carbons (Fsp3) is 0.429. The minimum absolute atomic E-state index is 0.0244. The van der Waals surface area contributed by atoms with Crippen LogP contribution in [0.15, 0.2) is 24.3 Å². The highest BCUT2D eigenvalue weighted by molar-refractivity contribution is 5.91. The van der Waals surface area contributed by atoms with E-state index in [4.69, 9.17) is 9.84 Å². The van der Waals surface area contributed by atoms with Crippen LogP contribution in [-0.2, 0) is 9.59 Å². The Kier molecular flexibility index (Phi) is 4.95. The molecule has 1 aliphatic heterocycles. The van der Waals surface area contributed by atoms with Gasteiger partial charge >= 0.3 is 5.97 Å². The average Bonchev–Trinajstić information content (AvgIpc) is 2.90. The molecule has 1 aromatic rings. The van der Waals surface area contributed by atoms with Crippen LogP contribution in [-0.4, -0.2) is 36.2 Å². The lowest BCUT2D eigenvalue weighted by Gasteiger charge is -2.11. The number of carbonyl (C=O) groups is 2. The quantitative estimate of drug-likeness (QED) is 0.728. The maximum atomic E-state index is 11.8. The normalized spacial score (nSPS) is 17.7. The van der Waals surface area contributed by atoms with Gasteiger partial charge in [-0.25, -0.2) is 4.79 Å². The molecule has 108 valence electrons. The van der Waals surface area contributed by atoms with Crippen LogP contribution >= 0.6 is 0 Å². The number of hydrogen-bond acceptors (Lipinski definition) is 4. The summed E-state index contributed by atoms with van der Waals surface area (Å²) in [7, 11) is 0. The molecular formula is C14H18N2O4. The number of amides is 1. The minimum atomic E-state index is -1.02. The lowest BCUT2D eigenvalue weighted by Crippen LogP contribution is -2.27. The van der Waals surface area contributed by atoms with E-state index in [9.17, 15) is 9.59 Å². The summed E-state index contributed by atoms with van der Waals surface area (Å²) in [6.45, 7) is 0.604. The molecule has 0 spiro atoms. The van der Waals surface area contributed by atoms with Crippen LogP contribution in [0.4, 0.5) is 5.69 Å². The number of benzene rings is 1. The van der Waals surface area contributed by atoms with Crippen molar-refractivity contribution in [2.45, 2.75) is 25.3 Å². The van der Waals surface area contributed by atoms with Gasteiger partial charge in [-0.3, -0.25) is 4.79 Å². The van der Waals surface area contributed by atoms with E-state index in [-0.39, 0.29) is 18.6 Å². The summed E-state index contributed by atoms with van der Waals surface area (Å²) in [4.78, 5) is 22.2. The van der Waals surface area contributed by atoms with E-state index in [1.807, 2.05) is 0 Å². The monoisotopic (exact) mass is 278 g/mol. The van der Waals surface area contributed by atoms with Crippen LogP contribution < -0.4 is 15.4 Å². The van der Waals surface area contributed by atoms with E-state index in [1.54, 1.807) is 24.3 Å². The third-order valence-corrected chi connectivity index (χ3v) is 3.09. The second-order valence-electron chi connectivity index (χ2n) is 4.75. The van der Waals surface area contributed by atoms with Gasteiger partial charge in [0.2, 0.25) is 5.91 Å². The second kappa shape index (κ2) is 6.91. The highest BCUT2D eigenvalue weighted by Crippen LogP contribution is 2.16. The first-order valence-electron chi connectivity index (χ1n) is 6.61. The average molecular weight is 278 g/mol. The van der Waals surface area contributed by atoms with Crippen LogP contribution in [0, 0.1) is 0 Å². The molecule has 1 heterocycles. The first-order chi connectivity index (χ1) is 9.63. The van der Waals surface area contributed by atoms with Crippen LogP contribution in [0.1, 0.15) is 19.3 Å². The van der Waals surface area contributed by atoms with E-state index in [1.165, 1.54) is 0 Å². The van der Waals surface area contributed by atoms with Crippen molar-refractivity contribution < 1.29 is 19.4 Å². The predicted molar refractivity (Wildman–Crippen MR) is 73.8 cm³/mol. The van der Waals surface area contributed by atoms with Gasteiger partial charge in [-0.2, -0.15) is 0 Å². The van der Waals surface area contributed by atoms with Crippen molar-refractivity contribution in [3.8, 4) is 5.75 Å². The van der Waals surface area contributed by atoms with Crippen molar-refractivity contribution in [3.05, 3.63) is 24.3 Å². The number of carboxylic acid groups (broad SMARTS) is 1. The molecular weight excluding hydrogens is 260 g/mol. The number of anilines is 1. The standard InChI is InChI=1S/C14H18N2O4/c17-13(8-11-2-1-7-15-11)16-10-3-5-12(6-4-10)20-9-14(18)19/h3-6,11,15H,1-2,7-9H2,(H,16,17)(H,18,19). The lowest BCUT2D eigenvalue weighted by atomic mass is 10.1. The van der Waals surface area contributed by atoms with E-state index in [2.05, 4.69) is 10.6 Å². The summed E-state index contributed by atoms with van der Waals surface area (Å²) in [6, 6.07) is 6.92. The summed E-state index contributed by atoms with van der Waals surface area (Å²) in [6.07, 6.45) is 2.63. The molecule has 0 saturated carbocycles. The van der Waals surface area contributed by atoms with E-state index >= 15 is 0 Å². The zero-order valence-electron chi connectivity index (χ0n) is 11.1. The molecule has 0 bridgehead atoms. The van der Waals surface area contributed by atoms with Gasteiger partial charge in [0.15, 0.2) is 6.61 Å². The fourth-order valence-electron chi connectivity index (χ4n) is 2.15. The second-order valence-corrected chi connectivity index (χ2v) is 4.75. The van der Waals surface area contributed by atoms with E-state index in [0.29, 0.717) is 17.9 Å². The minimum Gasteiger partial charge on any atom is -0.482 e. The number of rotatable bonds is 6. The number of carbonyl (C=O) groups excluding carboxylic acids is 1. The SMILES string of the molecule is O=C(O)COc1ccc(NC(=O)CC2CCCN2)cc1. The Morgan fingerprint density at radius 1 is 1.35 bits per heavy atom. The molecule has 1 unspecified atom stereocenters. The molecule has 6 heteroatoms. The smallest absolute Gasteiger partial charge is 0.341 e. The first kappa shape index (κ1) is 14.3. The zero-order valence-corrected chi connectivity index (χ0v) is 11.1. The van der Waals surface area contributed by atoms with Crippen molar-refractivity contribution in [1.29, 1.82) is 0 Å². The van der Waals surface area contributed by atoms with Gasteiger partial charge in [0, 0.05) is 18.2 Å². The highest BCUT2D eigenvalue weighted by atomic mass is 16.5. The van der Waals surface area contributed by atoms with Crippen molar-refractivity contribution in [3.63, 3.8) is 0 Å². The van der Waals surface area contributed by atoms with Gasteiger partial charge in [-0.1, -0.05) is 0 Å². The molecule has 20 heavy (non-hydrogen) atoms. The Morgan fingerprint density at radius 2 is 2.10 bits per heavy atom. The summed E-state index contributed by atoms with van der Waals surface area (Å²) in [5.41, 5.74) is 0.677. The molecule has 3 N–H and O–H groups in total. The first-order valence-corrected chi connectivity index (χ1v) is 6.61. The van der Waals surface area contributed by atoms with Gasteiger partial charge in [0.05, 0.1) is 0 Å². The molecule has 1 amide bonds. The molecule has 1 atom stereocenters. The largest absolute Gasteiger partial charge is 0.482 e. The maximum absolute atomic E-state index is 11.8. The number of carboxylic acids is 1. The third kappa shape index (κ3) is 4.55. The van der Waals surface area contributed by atoms with E-state index < -0.39 is 5.97 Å². The van der Waals surface area contributed by atoms with Crippen molar-refractivity contribution in [1.82, 2.24) is 5.32 Å². The summed E-state index contributed by atoms with van der Waals surface area (Å²) in [5, 5.41) is 14.6. The van der Waals surface area contributed by atoms with Crippen LogP contribution in [0.5, 0.6) is 5.75 Å². The van der Waals surface area contributed by atoms with Crippen LogP contribution in [0.2, 0.25) is 0 Å². The third-order valence-electron chi connectivity index (χ3n) is 3.09. The maximum Gasteiger partial charge on any atom is 0.341 e. The topological polar surface area (TPSA) is 87.7 Å². The van der Waals surface area contributed by atoms with Crippen molar-refractivity contribution >= 4 is 17.6 Å². The summed E-state index contributed by atoms with van der Waals surface area (Å²) < 4.78 is 5.01. The van der Waals surface area contributed by atoms with Gasteiger partial charge < -0.3 is 20.5 Å². The summed E-state index contributed by atoms with van der Waals surface area (Å²) in [5.74, 6) is -0.585. The predicted octanol–water partition coefficient (Wildman–Crippen LogP) is 1.23. The Hall–Kier alpha value is -2.08. The van der Waals surface area contributed by atoms with Gasteiger partial charge in [-0.15, -0.1) is 0 Å². The zero-order chi connectivity index (χ0) is 14.4. The van der Waals surface area contributed by atoms with Gasteiger partial charge in [0.25, 0.3) is 0 Å². The number of ether oxygens (including phenoxy) is 1. The molecule has 1 aromatic carbocycles. The molecule has 6 nitrogen and oxygen atoms in total. The number of hydrogen-bond donors (Lipinski definition) is 3. The van der Waals surface area contributed by atoms with Crippen LogP contribution in [0.25, 0.3) is 0 Å². The molecule has 0 aromatic heterocycles. The van der Waals surface area contributed by atoms with Crippen LogP contribution in [0.3, 0.4) is 0 Å². The Morgan fingerprint density at radius 3 is 2.70 bits per heavy atom. The molecule has 0 aliphatic carbocycles. The van der Waals surface area contributed by atoms with Gasteiger partial charge in [0.1, 0.15) is 5.75 Å².